The third-order valence-electron chi connectivity index (χ3n) is 5.51. The van der Waals surface area contributed by atoms with Crippen LogP contribution < -0.4 is 10.6 Å². The highest BCUT2D eigenvalue weighted by Gasteiger charge is 2.57. The van der Waals surface area contributed by atoms with Gasteiger partial charge in [0.2, 0.25) is 5.91 Å². The van der Waals surface area contributed by atoms with Crippen LogP contribution in [0.15, 0.2) is 0 Å². The summed E-state index contributed by atoms with van der Waals surface area (Å²) in [4.78, 5) is 14.6. The number of hydrogen-bond donors (Lipinski definition) is 2. The van der Waals surface area contributed by atoms with Gasteiger partial charge in [-0.05, 0) is 76.7 Å². The van der Waals surface area contributed by atoms with Crippen molar-refractivity contribution < 1.29 is 4.79 Å². The lowest BCUT2D eigenvalue weighted by atomic mass is 9.91. The maximum atomic E-state index is 12.2. The van der Waals surface area contributed by atoms with Gasteiger partial charge in [-0.3, -0.25) is 4.79 Å². The number of carbonyl (C=O) groups is 1. The fourth-order valence-corrected chi connectivity index (χ4v) is 3.83. The maximum absolute atomic E-state index is 12.2. The molecule has 0 aromatic heterocycles. The summed E-state index contributed by atoms with van der Waals surface area (Å²) in [7, 11) is 2.18. The molecule has 2 heterocycles. The predicted octanol–water partition coefficient (Wildman–Crippen LogP) is 0.834. The van der Waals surface area contributed by atoms with Crippen LogP contribution in [0.25, 0.3) is 0 Å². The summed E-state index contributed by atoms with van der Waals surface area (Å²) < 4.78 is 0. The van der Waals surface area contributed by atoms with E-state index in [2.05, 4.69) is 22.6 Å². The van der Waals surface area contributed by atoms with Gasteiger partial charge in [0, 0.05) is 12.5 Å². The fourth-order valence-electron chi connectivity index (χ4n) is 3.83. The van der Waals surface area contributed by atoms with Crippen LogP contribution >= 0.6 is 0 Å². The highest BCUT2D eigenvalue weighted by molar-refractivity contribution is 5.82. The van der Waals surface area contributed by atoms with Gasteiger partial charge in [-0.2, -0.15) is 0 Å². The van der Waals surface area contributed by atoms with Crippen molar-refractivity contribution in [1.29, 1.82) is 0 Å². The smallest absolute Gasteiger partial charge is 0.223 e. The quantitative estimate of drug-likeness (QED) is 0.794. The van der Waals surface area contributed by atoms with Gasteiger partial charge in [0.1, 0.15) is 0 Å². The second-order valence-corrected chi connectivity index (χ2v) is 6.86. The van der Waals surface area contributed by atoms with Gasteiger partial charge >= 0.3 is 0 Å². The second-order valence-electron chi connectivity index (χ2n) is 6.86. The molecule has 0 aromatic carbocycles. The first-order valence-electron chi connectivity index (χ1n) is 7.87. The van der Waals surface area contributed by atoms with E-state index in [1.54, 1.807) is 0 Å². The average Bonchev–Trinajstić information content (AvgIpc) is 3.12. The number of carbonyl (C=O) groups excluding carboxylic acids is 1. The molecule has 0 radical (unpaired) electrons. The Kier molecular flexibility index (Phi) is 3.81. The molecule has 1 atom stereocenters. The Morgan fingerprint density at radius 2 is 2.00 bits per heavy atom. The van der Waals surface area contributed by atoms with Gasteiger partial charge in [0.25, 0.3) is 0 Å². The molecule has 19 heavy (non-hydrogen) atoms. The van der Waals surface area contributed by atoms with Gasteiger partial charge in [0.05, 0.1) is 0 Å². The van der Waals surface area contributed by atoms with E-state index in [4.69, 9.17) is 0 Å². The molecular formula is C15H27N3O. The van der Waals surface area contributed by atoms with Crippen LogP contribution in [-0.4, -0.2) is 50.6 Å². The predicted molar refractivity (Wildman–Crippen MR) is 75.9 cm³/mol. The first kappa shape index (κ1) is 13.4. The molecule has 1 spiro atoms. The first-order chi connectivity index (χ1) is 9.20. The van der Waals surface area contributed by atoms with Crippen molar-refractivity contribution >= 4 is 5.91 Å². The van der Waals surface area contributed by atoms with Gasteiger partial charge in [0.15, 0.2) is 0 Å². The molecule has 108 valence electrons. The normalized spacial score (nSPS) is 31.3. The summed E-state index contributed by atoms with van der Waals surface area (Å²) >= 11 is 0. The number of hydrogen-bond acceptors (Lipinski definition) is 3. The van der Waals surface area contributed by atoms with E-state index in [1.165, 1.54) is 38.8 Å². The molecule has 1 unspecified atom stereocenters. The highest BCUT2D eigenvalue weighted by Crippen LogP contribution is 2.58. The van der Waals surface area contributed by atoms with E-state index >= 15 is 0 Å². The molecule has 4 nitrogen and oxygen atoms in total. The number of nitrogens with zero attached hydrogens (tertiary/aromatic N) is 1. The minimum atomic E-state index is 0.320. The lowest BCUT2D eigenvalue weighted by Gasteiger charge is -2.29. The van der Waals surface area contributed by atoms with Crippen molar-refractivity contribution in [3.63, 3.8) is 0 Å². The summed E-state index contributed by atoms with van der Waals surface area (Å²) in [6, 6.07) is 0. The number of piperidine rings is 2. The number of nitrogens with one attached hydrogen (secondary N) is 2. The van der Waals surface area contributed by atoms with Crippen molar-refractivity contribution in [3.8, 4) is 0 Å². The van der Waals surface area contributed by atoms with Crippen LogP contribution in [0.5, 0.6) is 0 Å². The van der Waals surface area contributed by atoms with Crippen molar-refractivity contribution in [3.05, 3.63) is 0 Å². The maximum Gasteiger partial charge on any atom is 0.223 e. The minimum Gasteiger partial charge on any atom is -0.356 e. The molecule has 3 aliphatic rings. The lowest BCUT2D eigenvalue weighted by Crippen LogP contribution is -2.38. The average molecular weight is 265 g/mol. The third kappa shape index (κ3) is 2.95. The van der Waals surface area contributed by atoms with Crippen molar-refractivity contribution in [1.82, 2.24) is 15.5 Å². The number of likely N-dealkylation sites (tertiary alicyclic amines) is 1. The topological polar surface area (TPSA) is 44.4 Å². The lowest BCUT2D eigenvalue weighted by molar-refractivity contribution is -0.123. The molecule has 2 saturated heterocycles. The molecule has 4 heteroatoms. The van der Waals surface area contributed by atoms with Crippen LogP contribution in [0.3, 0.4) is 0 Å². The Labute approximate surface area is 116 Å². The summed E-state index contributed by atoms with van der Waals surface area (Å²) in [5, 5.41) is 6.61. The van der Waals surface area contributed by atoms with Gasteiger partial charge in [-0.25, -0.2) is 0 Å². The molecule has 1 aliphatic carbocycles. The van der Waals surface area contributed by atoms with Crippen LogP contribution in [0, 0.1) is 17.3 Å². The Bertz CT molecular complexity index is 330. The van der Waals surface area contributed by atoms with Crippen LogP contribution in [0.4, 0.5) is 0 Å². The Morgan fingerprint density at radius 3 is 2.68 bits per heavy atom. The van der Waals surface area contributed by atoms with E-state index in [9.17, 15) is 4.79 Å². The fraction of sp³-hybridized carbons (Fsp3) is 0.933. The molecule has 0 bridgehead atoms. The van der Waals surface area contributed by atoms with E-state index in [0.717, 1.165) is 26.1 Å². The van der Waals surface area contributed by atoms with E-state index in [-0.39, 0.29) is 0 Å². The van der Waals surface area contributed by atoms with E-state index in [1.807, 2.05) is 0 Å². The van der Waals surface area contributed by atoms with E-state index < -0.39 is 0 Å². The van der Waals surface area contributed by atoms with Crippen LogP contribution in [-0.2, 0) is 4.79 Å². The molecular weight excluding hydrogens is 238 g/mol. The first-order valence-corrected chi connectivity index (χ1v) is 7.87. The summed E-state index contributed by atoms with van der Waals surface area (Å²) in [5.74, 6) is 1.35. The van der Waals surface area contributed by atoms with Crippen molar-refractivity contribution in [2.45, 2.75) is 32.1 Å². The summed E-state index contributed by atoms with van der Waals surface area (Å²) in [6.07, 6.45) is 5.99. The van der Waals surface area contributed by atoms with Gasteiger partial charge in [-0.15, -0.1) is 0 Å². The zero-order valence-electron chi connectivity index (χ0n) is 12.1. The zero-order valence-corrected chi connectivity index (χ0v) is 12.1. The minimum absolute atomic E-state index is 0.320. The molecule has 1 saturated carbocycles. The van der Waals surface area contributed by atoms with E-state index in [0.29, 0.717) is 23.2 Å². The Morgan fingerprint density at radius 1 is 1.32 bits per heavy atom. The third-order valence-corrected chi connectivity index (χ3v) is 5.51. The SMILES string of the molecule is CN1CCC(CNC(=O)C2CC23CCNCC3)CC1. The van der Waals surface area contributed by atoms with Gasteiger partial charge in [-0.1, -0.05) is 0 Å². The summed E-state index contributed by atoms with van der Waals surface area (Å²) in [5.41, 5.74) is 0.377. The summed E-state index contributed by atoms with van der Waals surface area (Å²) in [6.45, 7) is 5.45. The number of amides is 1. The molecule has 1 amide bonds. The number of rotatable bonds is 3. The second kappa shape index (κ2) is 5.41. The Hall–Kier alpha value is -0.610. The van der Waals surface area contributed by atoms with Crippen LogP contribution in [0.2, 0.25) is 0 Å². The molecule has 2 aliphatic heterocycles. The molecule has 3 rings (SSSR count). The molecule has 2 N–H and O–H groups in total. The largest absolute Gasteiger partial charge is 0.356 e. The standard InChI is InChI=1S/C15H27N3O/c1-18-8-2-12(3-9-18)11-17-14(19)13-10-15(13)4-6-16-7-5-15/h12-13,16H,2-11H2,1H3,(H,17,19). The van der Waals surface area contributed by atoms with Crippen LogP contribution in [0.1, 0.15) is 32.1 Å². The molecule has 3 fully saturated rings. The van der Waals surface area contributed by atoms with Gasteiger partial charge < -0.3 is 15.5 Å². The van der Waals surface area contributed by atoms with Crippen molar-refractivity contribution in [2.24, 2.45) is 17.3 Å². The Balaban J connectivity index is 1.40. The van der Waals surface area contributed by atoms with Crippen molar-refractivity contribution in [2.75, 3.05) is 39.8 Å². The zero-order chi connectivity index (χ0) is 13.3. The highest BCUT2D eigenvalue weighted by atomic mass is 16.2. The monoisotopic (exact) mass is 265 g/mol. The molecule has 0 aromatic rings.